The summed E-state index contributed by atoms with van der Waals surface area (Å²) >= 11 is 9.25. The summed E-state index contributed by atoms with van der Waals surface area (Å²) in [5.41, 5.74) is 9.32. The first-order valence-corrected chi connectivity index (χ1v) is 9.31. The number of thioether (sulfide) groups is 2. The molecule has 0 fully saturated rings. The van der Waals surface area contributed by atoms with Gasteiger partial charge in [0.25, 0.3) is 0 Å². The summed E-state index contributed by atoms with van der Waals surface area (Å²) in [6, 6.07) is 14.1. The van der Waals surface area contributed by atoms with E-state index in [2.05, 4.69) is 24.9 Å². The Kier molecular flexibility index (Phi) is 6.68. The molecular weight excluding hydrogens is 332 g/mol. The molecule has 0 spiro atoms. The van der Waals surface area contributed by atoms with Crippen molar-refractivity contribution in [3.05, 3.63) is 58.6 Å². The second-order valence-electron chi connectivity index (χ2n) is 4.95. The monoisotopic (exact) mass is 350 g/mol. The molecule has 0 unspecified atom stereocenters. The molecule has 2 aromatic carbocycles. The van der Waals surface area contributed by atoms with Gasteiger partial charge in [0.1, 0.15) is 0 Å². The van der Waals surface area contributed by atoms with E-state index in [1.807, 2.05) is 36.4 Å². The highest BCUT2D eigenvalue weighted by molar-refractivity contribution is 8.14. The van der Waals surface area contributed by atoms with E-state index in [1.165, 1.54) is 16.0 Å². The lowest BCUT2D eigenvalue weighted by molar-refractivity contribution is 1.36. The van der Waals surface area contributed by atoms with Crippen LogP contribution in [-0.2, 0) is 0 Å². The van der Waals surface area contributed by atoms with Crippen molar-refractivity contribution >= 4 is 46.0 Å². The van der Waals surface area contributed by atoms with E-state index in [0.29, 0.717) is 5.17 Å². The fourth-order valence-corrected chi connectivity index (χ4v) is 3.75. The number of aryl methyl sites for hydroxylation is 2. The Labute approximate surface area is 145 Å². The van der Waals surface area contributed by atoms with Crippen molar-refractivity contribution in [1.29, 1.82) is 0 Å². The van der Waals surface area contributed by atoms with Crippen molar-refractivity contribution in [1.82, 2.24) is 0 Å². The molecule has 0 saturated heterocycles. The van der Waals surface area contributed by atoms with Crippen LogP contribution in [0.3, 0.4) is 0 Å². The summed E-state index contributed by atoms with van der Waals surface area (Å²) in [5, 5.41) is 1.38. The number of rotatable bonds is 5. The Morgan fingerprint density at radius 1 is 1.05 bits per heavy atom. The summed E-state index contributed by atoms with van der Waals surface area (Å²) in [6.45, 7) is 4.14. The fourth-order valence-electron chi connectivity index (χ4n) is 2.01. The predicted octanol–water partition coefficient (Wildman–Crippen LogP) is 5.43. The van der Waals surface area contributed by atoms with Gasteiger partial charge < -0.3 is 5.73 Å². The van der Waals surface area contributed by atoms with Crippen LogP contribution in [-0.4, -0.2) is 16.7 Å². The molecule has 0 aromatic heterocycles. The molecule has 0 atom stereocenters. The van der Waals surface area contributed by atoms with Crippen molar-refractivity contribution in [3.8, 4) is 0 Å². The molecule has 2 rings (SSSR count). The topological polar surface area (TPSA) is 38.4 Å². The molecule has 0 bridgehead atoms. The maximum atomic E-state index is 5.99. The molecule has 0 amide bonds. The van der Waals surface area contributed by atoms with E-state index in [9.17, 15) is 0 Å². The Morgan fingerprint density at radius 3 is 2.32 bits per heavy atom. The van der Waals surface area contributed by atoms with Gasteiger partial charge in [0.05, 0.1) is 5.69 Å². The van der Waals surface area contributed by atoms with Gasteiger partial charge >= 0.3 is 0 Å². The van der Waals surface area contributed by atoms with E-state index >= 15 is 0 Å². The SMILES string of the molecule is Cc1cc(C)cc(N=C(N)SCCSc2ccc(Cl)cc2)c1. The lowest BCUT2D eigenvalue weighted by Gasteiger charge is -2.04. The molecule has 0 aliphatic carbocycles. The number of nitrogens with zero attached hydrogens (tertiary/aromatic N) is 1. The van der Waals surface area contributed by atoms with Crippen LogP contribution in [0.5, 0.6) is 0 Å². The third kappa shape index (κ3) is 5.95. The van der Waals surface area contributed by atoms with Crippen molar-refractivity contribution in [3.63, 3.8) is 0 Å². The molecule has 0 heterocycles. The first kappa shape index (κ1) is 17.3. The number of hydrogen-bond acceptors (Lipinski definition) is 3. The smallest absolute Gasteiger partial charge is 0.159 e. The van der Waals surface area contributed by atoms with E-state index in [0.717, 1.165) is 22.2 Å². The standard InChI is InChI=1S/C17H19ClN2S2/c1-12-9-13(2)11-15(10-12)20-17(19)22-8-7-21-16-5-3-14(18)4-6-16/h3-6,9-11H,7-8H2,1-2H3,(H2,19,20). The van der Waals surface area contributed by atoms with Crippen molar-refractivity contribution in [2.24, 2.45) is 10.7 Å². The average molecular weight is 351 g/mol. The molecule has 2 nitrogen and oxygen atoms in total. The van der Waals surface area contributed by atoms with E-state index in [4.69, 9.17) is 17.3 Å². The molecule has 0 radical (unpaired) electrons. The van der Waals surface area contributed by atoms with Crippen molar-refractivity contribution in [2.45, 2.75) is 18.7 Å². The Morgan fingerprint density at radius 2 is 1.68 bits per heavy atom. The van der Waals surface area contributed by atoms with Crippen LogP contribution in [0.2, 0.25) is 5.02 Å². The minimum absolute atomic E-state index is 0.613. The maximum Gasteiger partial charge on any atom is 0.159 e. The number of nitrogens with two attached hydrogens (primary N) is 1. The molecule has 22 heavy (non-hydrogen) atoms. The molecule has 2 aromatic rings. The second kappa shape index (κ2) is 8.51. The largest absolute Gasteiger partial charge is 0.378 e. The summed E-state index contributed by atoms with van der Waals surface area (Å²) in [6.07, 6.45) is 0. The maximum absolute atomic E-state index is 5.99. The minimum atomic E-state index is 0.613. The number of aliphatic imine (C=N–C) groups is 1. The van der Waals surface area contributed by atoms with Gasteiger partial charge in [0.2, 0.25) is 0 Å². The summed E-state index contributed by atoms with van der Waals surface area (Å²) in [4.78, 5) is 5.68. The highest BCUT2D eigenvalue weighted by Gasteiger charge is 1.99. The van der Waals surface area contributed by atoms with Gasteiger partial charge in [-0.05, 0) is 61.4 Å². The predicted molar refractivity (Wildman–Crippen MR) is 102 cm³/mol. The number of amidine groups is 1. The molecule has 5 heteroatoms. The Bertz CT molecular complexity index is 634. The normalized spacial score (nSPS) is 11.7. The van der Waals surface area contributed by atoms with Crippen LogP contribution >= 0.6 is 35.1 Å². The Hall–Kier alpha value is -1.10. The fraction of sp³-hybridized carbons (Fsp3) is 0.235. The van der Waals surface area contributed by atoms with Gasteiger partial charge in [-0.25, -0.2) is 4.99 Å². The average Bonchev–Trinajstić information content (AvgIpc) is 2.44. The van der Waals surface area contributed by atoms with Gasteiger partial charge in [-0.3, -0.25) is 0 Å². The Balaban J connectivity index is 1.80. The first-order valence-electron chi connectivity index (χ1n) is 6.96. The van der Waals surface area contributed by atoms with Crippen LogP contribution < -0.4 is 5.73 Å². The lowest BCUT2D eigenvalue weighted by atomic mass is 10.1. The molecule has 0 aliphatic heterocycles. The van der Waals surface area contributed by atoms with Crippen molar-refractivity contribution in [2.75, 3.05) is 11.5 Å². The molecule has 116 valence electrons. The summed E-state index contributed by atoms with van der Waals surface area (Å²) in [7, 11) is 0. The first-order chi connectivity index (χ1) is 10.5. The quantitative estimate of drug-likeness (QED) is 0.338. The van der Waals surface area contributed by atoms with E-state index < -0.39 is 0 Å². The zero-order valence-electron chi connectivity index (χ0n) is 12.7. The number of benzene rings is 2. The van der Waals surface area contributed by atoms with Crippen LogP contribution in [0.25, 0.3) is 0 Å². The van der Waals surface area contributed by atoms with Gasteiger partial charge in [0, 0.05) is 21.4 Å². The highest BCUT2D eigenvalue weighted by Crippen LogP contribution is 2.22. The molecule has 0 saturated carbocycles. The summed E-state index contributed by atoms with van der Waals surface area (Å²) in [5.74, 6) is 1.91. The number of hydrogen-bond donors (Lipinski definition) is 1. The van der Waals surface area contributed by atoms with Gasteiger partial charge in [-0.2, -0.15) is 0 Å². The molecule has 2 N–H and O–H groups in total. The van der Waals surface area contributed by atoms with Gasteiger partial charge in [0.15, 0.2) is 5.17 Å². The van der Waals surface area contributed by atoms with Gasteiger partial charge in [-0.1, -0.05) is 29.4 Å². The minimum Gasteiger partial charge on any atom is -0.378 e. The molecular formula is C17H19ClN2S2. The number of halogens is 1. The highest BCUT2D eigenvalue weighted by atomic mass is 35.5. The zero-order chi connectivity index (χ0) is 15.9. The van der Waals surface area contributed by atoms with Crippen LogP contribution in [0.1, 0.15) is 11.1 Å². The zero-order valence-corrected chi connectivity index (χ0v) is 15.1. The van der Waals surface area contributed by atoms with E-state index in [-0.39, 0.29) is 0 Å². The lowest BCUT2D eigenvalue weighted by Crippen LogP contribution is -2.07. The molecule has 0 aliphatic rings. The van der Waals surface area contributed by atoms with Crippen LogP contribution in [0.4, 0.5) is 5.69 Å². The van der Waals surface area contributed by atoms with Gasteiger partial charge in [-0.15, -0.1) is 11.8 Å². The summed E-state index contributed by atoms with van der Waals surface area (Å²) < 4.78 is 0. The van der Waals surface area contributed by atoms with Crippen LogP contribution in [0.15, 0.2) is 52.4 Å². The second-order valence-corrected chi connectivity index (χ2v) is 7.67. The third-order valence-electron chi connectivity index (χ3n) is 2.86. The van der Waals surface area contributed by atoms with E-state index in [1.54, 1.807) is 23.5 Å². The van der Waals surface area contributed by atoms with Crippen LogP contribution in [0, 0.1) is 13.8 Å². The third-order valence-corrected chi connectivity index (χ3v) is 5.18. The van der Waals surface area contributed by atoms with Crippen molar-refractivity contribution < 1.29 is 0 Å².